The van der Waals surface area contributed by atoms with Gasteiger partial charge in [-0.05, 0) is 65.3 Å². The Labute approximate surface area is 430 Å². The highest BCUT2D eigenvalue weighted by molar-refractivity contribution is 9.10. The van der Waals surface area contributed by atoms with Crippen molar-refractivity contribution in [1.29, 1.82) is 0 Å². The molecule has 0 saturated carbocycles. The molecule has 2 aliphatic heterocycles. The molecule has 2 fully saturated rings. The number of methoxy groups -OCH3 is 2. The first kappa shape index (κ1) is 55.1. The number of benzene rings is 3. The maximum Gasteiger partial charge on any atom is 0.335 e. The molecule has 0 aliphatic carbocycles. The van der Waals surface area contributed by atoms with Crippen LogP contribution in [0.4, 0.5) is 0 Å². The SMILES string of the molecule is CO[C@@H]1[C@H](O[Si](C)(C)C(C)(C)C)[C@@H](COP(O)(=S)O[C@H]2[C@@H](OC)[C@H](n3ccc(=O)n(COCc4ccccc4)c3=O)O[C@@H]2CSc2ccc(Br)cc2)O[C@H]1n1ccc(=O)n(COCc2ccccc2)c1=O. The van der Waals surface area contributed by atoms with Crippen molar-refractivity contribution in [3.8, 4) is 0 Å². The fourth-order valence-corrected chi connectivity index (χ4v) is 11.8. The third-order valence-electron chi connectivity index (χ3n) is 12.6. The summed E-state index contributed by atoms with van der Waals surface area (Å²) in [4.78, 5) is 67.1. The van der Waals surface area contributed by atoms with Gasteiger partial charge in [0.25, 0.3) is 11.1 Å². The topological polar surface area (TPSA) is 191 Å². The molecule has 0 radical (unpaired) electrons. The molecule has 18 nitrogen and oxygen atoms in total. The zero-order valence-electron chi connectivity index (χ0n) is 40.4. The van der Waals surface area contributed by atoms with Crippen molar-refractivity contribution in [2.24, 2.45) is 0 Å². The molecular weight excluding hydrogens is 1060 g/mol. The molecule has 384 valence electrons. The lowest BCUT2D eigenvalue weighted by atomic mass is 10.1. The molecule has 2 aromatic heterocycles. The van der Waals surface area contributed by atoms with Crippen molar-refractivity contribution in [3.05, 3.63) is 167 Å². The smallest absolute Gasteiger partial charge is 0.335 e. The van der Waals surface area contributed by atoms with E-state index in [1.807, 2.05) is 84.9 Å². The highest BCUT2D eigenvalue weighted by Crippen LogP contribution is 2.51. The van der Waals surface area contributed by atoms with Gasteiger partial charge in [0.15, 0.2) is 20.8 Å². The summed E-state index contributed by atoms with van der Waals surface area (Å²) in [5.41, 5.74) is -0.852. The number of aromatic nitrogens is 4. The van der Waals surface area contributed by atoms with E-state index in [0.29, 0.717) is 0 Å². The minimum absolute atomic E-state index is 0.161. The number of halogens is 1. The fourth-order valence-electron chi connectivity index (χ4n) is 7.83. The summed E-state index contributed by atoms with van der Waals surface area (Å²) < 4.78 is 61.5. The second-order valence-corrected chi connectivity index (χ2v) is 28.0. The Hall–Kier alpha value is -3.68. The maximum atomic E-state index is 14.1. The van der Waals surface area contributed by atoms with Gasteiger partial charge in [-0.3, -0.25) is 23.2 Å². The molecule has 1 unspecified atom stereocenters. The van der Waals surface area contributed by atoms with Crippen LogP contribution in [-0.2, 0) is 80.4 Å². The van der Waals surface area contributed by atoms with Gasteiger partial charge in [-0.25, -0.2) is 18.7 Å². The van der Waals surface area contributed by atoms with E-state index in [4.69, 9.17) is 53.7 Å². The van der Waals surface area contributed by atoms with E-state index in [1.54, 1.807) is 0 Å². The predicted octanol–water partition coefficient (Wildman–Crippen LogP) is 6.77. The van der Waals surface area contributed by atoms with Gasteiger partial charge >= 0.3 is 18.1 Å². The lowest BCUT2D eigenvalue weighted by Gasteiger charge is -2.40. The van der Waals surface area contributed by atoms with Gasteiger partial charge in [-0.15, -0.1) is 11.8 Å². The van der Waals surface area contributed by atoms with Crippen molar-refractivity contribution >= 4 is 54.5 Å². The second kappa shape index (κ2) is 24.1. The van der Waals surface area contributed by atoms with Gasteiger partial charge < -0.3 is 42.3 Å². The molecule has 2 aliphatic rings. The maximum absolute atomic E-state index is 14.1. The van der Waals surface area contributed by atoms with E-state index in [-0.39, 0.29) is 44.1 Å². The van der Waals surface area contributed by atoms with Gasteiger partial charge in [0.2, 0.25) is 0 Å². The number of rotatable bonds is 22. The summed E-state index contributed by atoms with van der Waals surface area (Å²) in [6.07, 6.45) is -5.40. The van der Waals surface area contributed by atoms with Crippen LogP contribution in [-0.4, -0.2) is 94.7 Å². The monoisotopic (exact) mass is 1120 g/mol. The first-order chi connectivity index (χ1) is 33.8. The summed E-state index contributed by atoms with van der Waals surface area (Å²) in [6.45, 7) is 5.38. The summed E-state index contributed by atoms with van der Waals surface area (Å²) in [5.74, 6) is 0.256. The largest absolute Gasteiger partial charge is 0.408 e. The lowest BCUT2D eigenvalue weighted by molar-refractivity contribution is -0.0650. The van der Waals surface area contributed by atoms with Gasteiger partial charge in [0.05, 0.1) is 25.9 Å². The molecule has 9 atom stereocenters. The lowest BCUT2D eigenvalue weighted by Crippen LogP contribution is -2.50. The van der Waals surface area contributed by atoms with Crippen molar-refractivity contribution in [3.63, 3.8) is 0 Å². The predicted molar refractivity (Wildman–Crippen MR) is 276 cm³/mol. The van der Waals surface area contributed by atoms with Crippen LogP contribution in [0.25, 0.3) is 0 Å². The zero-order chi connectivity index (χ0) is 51.1. The molecule has 1 N–H and O–H groups in total. The van der Waals surface area contributed by atoms with E-state index < -0.39 is 86.6 Å². The van der Waals surface area contributed by atoms with Crippen LogP contribution in [0.15, 0.2) is 138 Å². The van der Waals surface area contributed by atoms with E-state index >= 15 is 0 Å². The molecule has 3 aromatic carbocycles. The Morgan fingerprint density at radius 3 is 1.66 bits per heavy atom. The van der Waals surface area contributed by atoms with Gasteiger partial charge in [0.1, 0.15) is 44.0 Å². The number of nitrogens with zero attached hydrogens (tertiary/aromatic N) is 4. The molecule has 7 rings (SSSR count). The van der Waals surface area contributed by atoms with Gasteiger partial charge in [-0.2, -0.15) is 0 Å². The third kappa shape index (κ3) is 13.5. The van der Waals surface area contributed by atoms with Crippen LogP contribution in [0.3, 0.4) is 0 Å². The highest BCUT2D eigenvalue weighted by atomic mass is 79.9. The molecule has 5 aromatic rings. The quantitative estimate of drug-likeness (QED) is 0.0434. The van der Waals surface area contributed by atoms with Gasteiger partial charge in [0, 0.05) is 53.9 Å². The summed E-state index contributed by atoms with van der Waals surface area (Å²) in [5, 5.41) is -0.272. The third-order valence-corrected chi connectivity index (χ3v) is 20.3. The van der Waals surface area contributed by atoms with Crippen LogP contribution in [0, 0.1) is 0 Å². The Balaban J connectivity index is 1.14. The van der Waals surface area contributed by atoms with Crippen LogP contribution in [0.1, 0.15) is 44.4 Å². The molecule has 23 heteroatoms. The summed E-state index contributed by atoms with van der Waals surface area (Å²) in [6, 6.07) is 28.8. The Morgan fingerprint density at radius 2 is 1.18 bits per heavy atom. The minimum Gasteiger partial charge on any atom is -0.408 e. The number of thioether (sulfide) groups is 1. The Kier molecular flexibility index (Phi) is 18.7. The average Bonchev–Trinajstić information content (AvgIpc) is 3.85. The van der Waals surface area contributed by atoms with Crippen LogP contribution in [0.2, 0.25) is 18.1 Å². The Bertz CT molecular complexity index is 2850. The van der Waals surface area contributed by atoms with E-state index in [2.05, 4.69) is 49.8 Å². The number of hydrogen-bond donors (Lipinski definition) is 1. The number of ether oxygens (including phenoxy) is 6. The molecule has 0 amide bonds. The molecule has 0 spiro atoms. The van der Waals surface area contributed by atoms with Crippen LogP contribution >= 0.6 is 34.4 Å². The van der Waals surface area contributed by atoms with Crippen molar-refractivity contribution < 1.29 is 46.8 Å². The first-order valence-corrected chi connectivity index (χ1v) is 30.0. The fraction of sp³-hybridized carbons (Fsp3) is 0.458. The molecule has 2 saturated heterocycles. The summed E-state index contributed by atoms with van der Waals surface area (Å²) >= 11 is 10.6. The van der Waals surface area contributed by atoms with E-state index in [9.17, 15) is 24.1 Å². The van der Waals surface area contributed by atoms with E-state index in [1.165, 1.54) is 59.6 Å². The van der Waals surface area contributed by atoms with E-state index in [0.717, 1.165) is 29.6 Å². The van der Waals surface area contributed by atoms with Crippen molar-refractivity contribution in [1.82, 2.24) is 18.3 Å². The highest BCUT2D eigenvalue weighted by Gasteiger charge is 2.53. The molecule has 71 heavy (non-hydrogen) atoms. The minimum atomic E-state index is -4.27. The standard InChI is InChI=1S/C48H60BrN4O14PS2Si/c1-48(2,3)71(6,7)67-41-36(64-45(43(41)60-5)51-25-23-39(55)53(47(51)57)31-62-27-33-16-12-9-13-17-33)28-63-68(58,69)66-40-37(29-70-35-20-18-34(49)19-21-35)65-44(42(40)59-4)50-24-22-38(54)52(46(50)56)30-61-26-32-14-10-8-11-15-32/h8-25,36-37,40-45H,26-31H2,1-7H3,(H,58,69)/t36-,37-,40-,41-,42-,43-,44-,45-,68?/m1/s1. The number of hydrogen-bond acceptors (Lipinski definition) is 15. The second-order valence-electron chi connectivity index (χ2n) is 18.4. The summed E-state index contributed by atoms with van der Waals surface area (Å²) in [7, 11) is 0.271. The zero-order valence-corrected chi connectivity index (χ0v) is 45.6. The van der Waals surface area contributed by atoms with Crippen molar-refractivity contribution in [2.75, 3.05) is 26.6 Å². The van der Waals surface area contributed by atoms with Gasteiger partial charge in [-0.1, -0.05) is 97.4 Å². The average molecular weight is 1120 g/mol. The Morgan fingerprint density at radius 1 is 0.704 bits per heavy atom. The van der Waals surface area contributed by atoms with Crippen LogP contribution in [0.5, 0.6) is 0 Å². The van der Waals surface area contributed by atoms with Crippen LogP contribution < -0.4 is 22.5 Å². The van der Waals surface area contributed by atoms with Crippen molar-refractivity contribution in [2.45, 2.75) is 120 Å². The normalized spacial score (nSPS) is 23.5. The first-order valence-electron chi connectivity index (χ1n) is 22.8. The molecular formula is C48H60BrN4O14PS2Si. The molecule has 0 bridgehead atoms. The molecule has 4 heterocycles.